The second-order valence-electron chi connectivity index (χ2n) is 8.25. The minimum absolute atomic E-state index is 0.303. The Morgan fingerprint density at radius 3 is 1.87 bits per heavy atom. The Hall–Kier alpha value is -4.70. The van der Waals surface area contributed by atoms with Crippen molar-refractivity contribution in [2.45, 2.75) is 0 Å². The maximum atomic E-state index is 10.9. The highest BCUT2D eigenvalue weighted by molar-refractivity contribution is 7.24. The van der Waals surface area contributed by atoms with E-state index in [9.17, 15) is 4.79 Å². The first-order valence-electron chi connectivity index (χ1n) is 11.8. The average Bonchev–Trinajstić information content (AvgIpc) is 3.63. The molecule has 0 saturated carbocycles. The summed E-state index contributed by atoms with van der Waals surface area (Å²) in [7, 11) is 0. The number of aliphatic carboxylic acids is 1. The standard InChI is InChI=1S/C32H22N2O2S2/c1-33-28(32(35)36)14-8-13-27-19-20-30(37-27)31-22-21-29(38-31)23-15-17-26(18-16-23)34(24-9-4-2-5-10-24)25-11-6-3-7-12-25/h2-22H,(H,35,36)/b13-8+,28-14-. The normalized spacial score (nSPS) is 11.4. The molecule has 0 aliphatic rings. The third-order valence-electron chi connectivity index (χ3n) is 5.77. The van der Waals surface area contributed by atoms with E-state index in [1.165, 1.54) is 15.8 Å². The zero-order valence-corrected chi connectivity index (χ0v) is 21.8. The molecule has 0 bridgehead atoms. The fourth-order valence-electron chi connectivity index (χ4n) is 3.97. The first-order chi connectivity index (χ1) is 18.6. The Labute approximate surface area is 229 Å². The highest BCUT2D eigenvalue weighted by atomic mass is 32.1. The van der Waals surface area contributed by atoms with Crippen molar-refractivity contribution in [3.63, 3.8) is 0 Å². The van der Waals surface area contributed by atoms with E-state index in [4.69, 9.17) is 11.7 Å². The molecule has 0 unspecified atom stereocenters. The molecular weight excluding hydrogens is 508 g/mol. The number of anilines is 3. The van der Waals surface area contributed by atoms with Crippen molar-refractivity contribution in [3.8, 4) is 20.2 Å². The van der Waals surface area contributed by atoms with Crippen LogP contribution in [0.3, 0.4) is 0 Å². The Balaban J connectivity index is 1.36. The fourth-order valence-corrected chi connectivity index (χ4v) is 5.99. The summed E-state index contributed by atoms with van der Waals surface area (Å²) in [4.78, 5) is 20.7. The van der Waals surface area contributed by atoms with E-state index in [-0.39, 0.29) is 5.70 Å². The van der Waals surface area contributed by atoms with Crippen LogP contribution in [0, 0.1) is 6.57 Å². The number of para-hydroxylation sites is 2. The Kier molecular flexibility index (Phi) is 7.60. The summed E-state index contributed by atoms with van der Waals surface area (Å²) >= 11 is 3.37. The first-order valence-corrected chi connectivity index (χ1v) is 13.5. The van der Waals surface area contributed by atoms with Gasteiger partial charge in [-0.05, 0) is 78.4 Å². The lowest BCUT2D eigenvalue weighted by Gasteiger charge is -2.25. The SMILES string of the molecule is [C-]#[N+]/C(=C\C=C\c1ccc(-c2ccc(-c3ccc(N(c4ccccc4)c4ccccc4)cc3)s2)s1)C(=O)O. The maximum Gasteiger partial charge on any atom is 0.333 e. The molecule has 5 aromatic rings. The lowest BCUT2D eigenvalue weighted by atomic mass is 10.1. The number of allylic oxidation sites excluding steroid dienone is 2. The number of hydrogen-bond acceptors (Lipinski definition) is 4. The minimum Gasteiger partial charge on any atom is -0.486 e. The molecule has 5 rings (SSSR count). The van der Waals surface area contributed by atoms with Crippen LogP contribution in [0.2, 0.25) is 0 Å². The lowest BCUT2D eigenvalue weighted by molar-refractivity contribution is -0.132. The van der Waals surface area contributed by atoms with Crippen LogP contribution in [-0.4, -0.2) is 11.1 Å². The zero-order chi connectivity index (χ0) is 26.3. The highest BCUT2D eigenvalue weighted by Gasteiger charge is 2.13. The third-order valence-corrected chi connectivity index (χ3v) is 8.15. The van der Waals surface area contributed by atoms with Crippen molar-refractivity contribution in [3.05, 3.63) is 143 Å². The molecular formula is C32H22N2O2S2. The topological polar surface area (TPSA) is 44.9 Å². The van der Waals surface area contributed by atoms with E-state index in [0.717, 1.165) is 32.4 Å². The van der Waals surface area contributed by atoms with Gasteiger partial charge in [-0.15, -0.1) is 22.7 Å². The van der Waals surface area contributed by atoms with Crippen LogP contribution < -0.4 is 4.90 Å². The second kappa shape index (κ2) is 11.6. The summed E-state index contributed by atoms with van der Waals surface area (Å²) < 4.78 is 0. The summed E-state index contributed by atoms with van der Waals surface area (Å²) in [6.07, 6.45) is 4.74. The number of carboxylic acids is 1. The Morgan fingerprint density at radius 2 is 1.26 bits per heavy atom. The molecule has 1 N–H and O–H groups in total. The number of nitrogens with zero attached hydrogens (tertiary/aromatic N) is 2. The van der Waals surface area contributed by atoms with Gasteiger partial charge in [-0.1, -0.05) is 54.6 Å². The van der Waals surface area contributed by atoms with Crippen molar-refractivity contribution in [1.29, 1.82) is 0 Å². The van der Waals surface area contributed by atoms with Gasteiger partial charge in [0, 0.05) is 36.6 Å². The monoisotopic (exact) mass is 530 g/mol. The number of hydrogen-bond donors (Lipinski definition) is 1. The van der Waals surface area contributed by atoms with Crippen LogP contribution in [0.4, 0.5) is 17.1 Å². The van der Waals surface area contributed by atoms with E-state index < -0.39 is 5.97 Å². The minimum atomic E-state index is -1.22. The molecule has 184 valence electrons. The van der Waals surface area contributed by atoms with Gasteiger partial charge in [0.25, 0.3) is 5.70 Å². The highest BCUT2D eigenvalue weighted by Crippen LogP contribution is 2.40. The maximum absolute atomic E-state index is 10.9. The summed E-state index contributed by atoms with van der Waals surface area (Å²) in [5, 5.41) is 8.95. The molecule has 2 aromatic heterocycles. The molecule has 0 aliphatic heterocycles. The van der Waals surface area contributed by atoms with E-state index in [1.807, 2.05) is 24.3 Å². The molecule has 0 saturated heterocycles. The summed E-state index contributed by atoms with van der Waals surface area (Å²) in [6, 6.07) is 37.7. The number of carbonyl (C=O) groups is 1. The molecule has 2 heterocycles. The Bertz CT molecular complexity index is 1600. The third kappa shape index (κ3) is 5.65. The van der Waals surface area contributed by atoms with Crippen LogP contribution in [0.1, 0.15) is 4.88 Å². The van der Waals surface area contributed by atoms with E-state index in [2.05, 4.69) is 101 Å². The van der Waals surface area contributed by atoms with Crippen molar-refractivity contribution in [2.24, 2.45) is 0 Å². The molecule has 4 nitrogen and oxygen atoms in total. The van der Waals surface area contributed by atoms with Crippen molar-refractivity contribution in [1.82, 2.24) is 0 Å². The van der Waals surface area contributed by atoms with Gasteiger partial charge in [-0.2, -0.15) is 0 Å². The molecule has 3 aromatic carbocycles. The van der Waals surface area contributed by atoms with Crippen LogP contribution in [0.25, 0.3) is 31.1 Å². The van der Waals surface area contributed by atoms with Gasteiger partial charge in [0.2, 0.25) is 0 Å². The number of benzene rings is 3. The van der Waals surface area contributed by atoms with Crippen molar-refractivity contribution < 1.29 is 9.90 Å². The first kappa shape index (κ1) is 25.0. The molecule has 0 spiro atoms. The van der Waals surface area contributed by atoms with Gasteiger partial charge in [-0.3, -0.25) is 4.79 Å². The van der Waals surface area contributed by atoms with E-state index in [0.29, 0.717) is 0 Å². The van der Waals surface area contributed by atoms with Gasteiger partial charge >= 0.3 is 5.97 Å². The van der Waals surface area contributed by atoms with Gasteiger partial charge in [0.05, 0.1) is 6.57 Å². The van der Waals surface area contributed by atoms with Gasteiger partial charge < -0.3 is 10.0 Å². The van der Waals surface area contributed by atoms with Crippen LogP contribution >= 0.6 is 22.7 Å². The predicted octanol–water partition coefficient (Wildman–Crippen LogP) is 9.51. The molecule has 0 radical (unpaired) electrons. The summed E-state index contributed by atoms with van der Waals surface area (Å²) in [5.74, 6) is -1.22. The molecule has 0 atom stereocenters. The van der Waals surface area contributed by atoms with Crippen LogP contribution in [0.15, 0.2) is 127 Å². The van der Waals surface area contributed by atoms with Crippen molar-refractivity contribution in [2.75, 3.05) is 4.90 Å². The molecule has 6 heteroatoms. The van der Waals surface area contributed by atoms with E-state index >= 15 is 0 Å². The second-order valence-corrected chi connectivity index (χ2v) is 10.4. The van der Waals surface area contributed by atoms with E-state index in [1.54, 1.807) is 28.7 Å². The molecule has 0 fully saturated rings. The summed E-state index contributed by atoms with van der Waals surface area (Å²) in [5.41, 5.74) is 4.17. The van der Waals surface area contributed by atoms with Gasteiger partial charge in [0.15, 0.2) is 0 Å². The van der Waals surface area contributed by atoms with Crippen molar-refractivity contribution >= 4 is 51.8 Å². The predicted molar refractivity (Wildman–Crippen MR) is 159 cm³/mol. The van der Waals surface area contributed by atoms with Crippen LogP contribution in [0.5, 0.6) is 0 Å². The van der Waals surface area contributed by atoms with Gasteiger partial charge in [0.1, 0.15) is 0 Å². The van der Waals surface area contributed by atoms with Crippen LogP contribution in [-0.2, 0) is 4.79 Å². The summed E-state index contributed by atoms with van der Waals surface area (Å²) in [6.45, 7) is 6.92. The molecule has 38 heavy (non-hydrogen) atoms. The quantitative estimate of drug-likeness (QED) is 0.123. The lowest BCUT2D eigenvalue weighted by Crippen LogP contribution is -2.09. The zero-order valence-electron chi connectivity index (χ0n) is 20.2. The average molecular weight is 531 g/mol. The Morgan fingerprint density at radius 1 is 0.711 bits per heavy atom. The fraction of sp³-hybridized carbons (Fsp3) is 0. The number of carboxylic acid groups (broad SMARTS) is 1. The smallest absolute Gasteiger partial charge is 0.333 e. The number of rotatable bonds is 8. The number of thiophene rings is 2. The van der Waals surface area contributed by atoms with Gasteiger partial charge in [-0.25, -0.2) is 4.85 Å². The largest absolute Gasteiger partial charge is 0.486 e. The molecule has 0 amide bonds. The molecule has 0 aliphatic carbocycles.